The van der Waals surface area contributed by atoms with E-state index in [1.165, 1.54) is 6.20 Å². The number of anilines is 2. The van der Waals surface area contributed by atoms with E-state index in [-0.39, 0.29) is 5.56 Å². The maximum absolute atomic E-state index is 13.0. The molecule has 0 atom stereocenters. The van der Waals surface area contributed by atoms with Crippen LogP contribution in [0, 0.1) is 5.82 Å². The third-order valence-electron chi connectivity index (χ3n) is 2.29. The number of nitrogens with one attached hydrogen (secondary N) is 1. The molecule has 0 radical (unpaired) electrons. The summed E-state index contributed by atoms with van der Waals surface area (Å²) >= 11 is 6.58. The molecule has 1 heterocycles. The predicted molar refractivity (Wildman–Crippen MR) is 78.4 cm³/mol. The highest BCUT2D eigenvalue weighted by molar-refractivity contribution is 9.11. The van der Waals surface area contributed by atoms with Crippen molar-refractivity contribution in [3.63, 3.8) is 0 Å². The van der Waals surface area contributed by atoms with Gasteiger partial charge in [0.2, 0.25) is 0 Å². The minimum Gasteiger partial charge on any atom is -0.397 e. The standard InChI is InChI=1S/C12H8Br2FN3O/c13-7-2-9(14)11(10(16)3-7)18-12(19)6-1-8(15)5-17-4-6/h1-5H,16H2,(H,18,19). The molecule has 98 valence electrons. The van der Waals surface area contributed by atoms with Crippen LogP contribution in [0.4, 0.5) is 15.8 Å². The van der Waals surface area contributed by atoms with Crippen LogP contribution in [0.2, 0.25) is 0 Å². The van der Waals surface area contributed by atoms with Gasteiger partial charge in [-0.25, -0.2) is 4.39 Å². The minimum absolute atomic E-state index is 0.120. The first-order valence-electron chi connectivity index (χ1n) is 5.14. The first-order valence-corrected chi connectivity index (χ1v) is 6.72. The lowest BCUT2D eigenvalue weighted by Gasteiger charge is -2.11. The van der Waals surface area contributed by atoms with E-state index in [2.05, 4.69) is 42.2 Å². The Morgan fingerprint density at radius 1 is 1.26 bits per heavy atom. The third-order valence-corrected chi connectivity index (χ3v) is 3.37. The second-order valence-electron chi connectivity index (χ2n) is 3.70. The number of carbonyl (C=O) groups excluding carboxylic acids is 1. The molecule has 0 bridgehead atoms. The Morgan fingerprint density at radius 3 is 2.63 bits per heavy atom. The molecule has 3 N–H and O–H groups in total. The van der Waals surface area contributed by atoms with Gasteiger partial charge in [-0.1, -0.05) is 15.9 Å². The van der Waals surface area contributed by atoms with Gasteiger partial charge in [-0.15, -0.1) is 0 Å². The maximum Gasteiger partial charge on any atom is 0.257 e. The summed E-state index contributed by atoms with van der Waals surface area (Å²) in [7, 11) is 0. The molecule has 0 fully saturated rings. The molecule has 1 aromatic carbocycles. The van der Waals surface area contributed by atoms with Crippen LogP contribution in [0.5, 0.6) is 0 Å². The number of amides is 1. The third kappa shape index (κ3) is 3.30. The quantitative estimate of drug-likeness (QED) is 0.772. The molecule has 0 spiro atoms. The van der Waals surface area contributed by atoms with E-state index in [0.717, 1.165) is 16.7 Å². The zero-order valence-corrected chi connectivity index (χ0v) is 12.6. The van der Waals surface area contributed by atoms with Crippen molar-refractivity contribution in [3.05, 3.63) is 50.9 Å². The lowest BCUT2D eigenvalue weighted by molar-refractivity contribution is 0.102. The smallest absolute Gasteiger partial charge is 0.257 e. The van der Waals surface area contributed by atoms with Crippen LogP contribution in [-0.2, 0) is 0 Å². The van der Waals surface area contributed by atoms with Crippen molar-refractivity contribution in [2.45, 2.75) is 0 Å². The molecule has 1 amide bonds. The topological polar surface area (TPSA) is 68.0 Å². The Labute approximate surface area is 125 Å². The summed E-state index contributed by atoms with van der Waals surface area (Å²) in [5.41, 5.74) is 6.75. The first kappa shape index (κ1) is 14.0. The zero-order chi connectivity index (χ0) is 14.0. The molecule has 2 rings (SSSR count). The molecule has 19 heavy (non-hydrogen) atoms. The number of hydrogen-bond donors (Lipinski definition) is 2. The molecule has 2 aromatic rings. The molecular weight excluding hydrogens is 381 g/mol. The highest BCUT2D eigenvalue weighted by atomic mass is 79.9. The summed E-state index contributed by atoms with van der Waals surface area (Å²) in [5.74, 6) is -1.06. The fraction of sp³-hybridized carbons (Fsp3) is 0. The molecular formula is C12H8Br2FN3O. The lowest BCUT2D eigenvalue weighted by Crippen LogP contribution is -2.14. The van der Waals surface area contributed by atoms with Gasteiger partial charge in [0.1, 0.15) is 5.82 Å². The summed E-state index contributed by atoms with van der Waals surface area (Å²) < 4.78 is 14.4. The first-order chi connectivity index (χ1) is 8.97. The molecule has 0 unspecified atom stereocenters. The highest BCUT2D eigenvalue weighted by Crippen LogP contribution is 2.32. The SMILES string of the molecule is Nc1cc(Br)cc(Br)c1NC(=O)c1cncc(F)c1. The largest absolute Gasteiger partial charge is 0.397 e. The van der Waals surface area contributed by atoms with Crippen molar-refractivity contribution in [2.24, 2.45) is 0 Å². The average Bonchev–Trinajstić information content (AvgIpc) is 2.33. The van der Waals surface area contributed by atoms with E-state index in [9.17, 15) is 9.18 Å². The number of aromatic nitrogens is 1. The second-order valence-corrected chi connectivity index (χ2v) is 5.47. The highest BCUT2D eigenvalue weighted by Gasteiger charge is 2.12. The number of nitrogens with zero attached hydrogens (tertiary/aromatic N) is 1. The fourth-order valence-electron chi connectivity index (χ4n) is 1.45. The molecule has 0 saturated carbocycles. The van der Waals surface area contributed by atoms with Crippen molar-refractivity contribution < 1.29 is 9.18 Å². The normalized spacial score (nSPS) is 10.3. The molecule has 4 nitrogen and oxygen atoms in total. The van der Waals surface area contributed by atoms with Crippen molar-refractivity contribution in [2.75, 3.05) is 11.1 Å². The number of halogens is 3. The van der Waals surface area contributed by atoms with E-state index in [4.69, 9.17) is 5.73 Å². The van der Waals surface area contributed by atoms with Crippen LogP contribution in [0.15, 0.2) is 39.5 Å². The summed E-state index contributed by atoms with van der Waals surface area (Å²) in [6.07, 6.45) is 2.31. The number of nitrogen functional groups attached to an aromatic ring is 1. The van der Waals surface area contributed by atoms with Gasteiger partial charge >= 0.3 is 0 Å². The van der Waals surface area contributed by atoms with Gasteiger partial charge < -0.3 is 11.1 Å². The Hall–Kier alpha value is -1.47. The predicted octanol–water partition coefficient (Wildman–Crippen LogP) is 3.58. The Kier molecular flexibility index (Phi) is 4.16. The summed E-state index contributed by atoms with van der Waals surface area (Å²) in [6.45, 7) is 0. The lowest BCUT2D eigenvalue weighted by atomic mass is 10.2. The van der Waals surface area contributed by atoms with E-state index in [1.807, 2.05) is 0 Å². The number of nitrogens with two attached hydrogens (primary N) is 1. The molecule has 0 aliphatic carbocycles. The molecule has 0 aliphatic heterocycles. The molecule has 0 aliphatic rings. The van der Waals surface area contributed by atoms with E-state index in [1.54, 1.807) is 12.1 Å². The number of hydrogen-bond acceptors (Lipinski definition) is 3. The van der Waals surface area contributed by atoms with Gasteiger partial charge in [-0.05, 0) is 34.1 Å². The van der Waals surface area contributed by atoms with Crippen molar-refractivity contribution in [1.82, 2.24) is 4.98 Å². The Bertz CT molecular complexity index is 626. The van der Waals surface area contributed by atoms with Gasteiger partial charge in [0.15, 0.2) is 0 Å². The Balaban J connectivity index is 2.29. The van der Waals surface area contributed by atoms with Crippen LogP contribution in [0.3, 0.4) is 0 Å². The van der Waals surface area contributed by atoms with E-state index < -0.39 is 11.7 Å². The van der Waals surface area contributed by atoms with Crippen LogP contribution in [0.25, 0.3) is 0 Å². The van der Waals surface area contributed by atoms with Crippen molar-refractivity contribution in [1.29, 1.82) is 0 Å². The van der Waals surface area contributed by atoms with Crippen LogP contribution < -0.4 is 11.1 Å². The Morgan fingerprint density at radius 2 is 2.00 bits per heavy atom. The molecule has 0 saturated heterocycles. The molecule has 7 heteroatoms. The molecule has 1 aromatic heterocycles. The summed E-state index contributed by atoms with van der Waals surface area (Å²) in [4.78, 5) is 15.6. The minimum atomic E-state index is -0.574. The van der Waals surface area contributed by atoms with Crippen LogP contribution in [0.1, 0.15) is 10.4 Å². The number of carbonyl (C=O) groups is 1. The second kappa shape index (κ2) is 5.66. The van der Waals surface area contributed by atoms with Crippen molar-refractivity contribution >= 4 is 49.1 Å². The number of pyridine rings is 1. The average molecular weight is 389 g/mol. The number of rotatable bonds is 2. The summed E-state index contributed by atoms with van der Waals surface area (Å²) in [6, 6.07) is 4.51. The fourth-order valence-corrected chi connectivity index (χ4v) is 2.80. The van der Waals surface area contributed by atoms with Crippen LogP contribution >= 0.6 is 31.9 Å². The van der Waals surface area contributed by atoms with Gasteiger partial charge in [-0.2, -0.15) is 0 Å². The van der Waals surface area contributed by atoms with E-state index in [0.29, 0.717) is 15.8 Å². The van der Waals surface area contributed by atoms with Gasteiger partial charge in [0, 0.05) is 15.1 Å². The zero-order valence-electron chi connectivity index (χ0n) is 9.45. The van der Waals surface area contributed by atoms with Gasteiger partial charge in [0.05, 0.1) is 23.1 Å². The maximum atomic E-state index is 13.0. The number of benzene rings is 1. The van der Waals surface area contributed by atoms with E-state index >= 15 is 0 Å². The van der Waals surface area contributed by atoms with Crippen LogP contribution in [-0.4, -0.2) is 10.9 Å². The van der Waals surface area contributed by atoms with Gasteiger partial charge in [0.25, 0.3) is 5.91 Å². The monoisotopic (exact) mass is 387 g/mol. The summed E-state index contributed by atoms with van der Waals surface area (Å²) in [5, 5.41) is 2.61. The van der Waals surface area contributed by atoms with Crippen molar-refractivity contribution in [3.8, 4) is 0 Å². The van der Waals surface area contributed by atoms with Gasteiger partial charge in [-0.3, -0.25) is 9.78 Å².